The number of likely N-dealkylation sites (N-methyl/N-ethyl adjacent to an activating group) is 2. The molecule has 2 rings (SSSR count). The quantitative estimate of drug-likeness (QED) is 0.422. The maximum Gasteiger partial charge on any atom is 0.246 e. The summed E-state index contributed by atoms with van der Waals surface area (Å²) in [4.78, 5) is 42.1. The Kier molecular flexibility index (Phi) is 10.3. The van der Waals surface area contributed by atoms with Gasteiger partial charge in [-0.25, -0.2) is 0 Å². The smallest absolute Gasteiger partial charge is 0.246 e. The first-order valence-corrected chi connectivity index (χ1v) is 13.1. The first-order chi connectivity index (χ1) is 17.5. The van der Waals surface area contributed by atoms with Gasteiger partial charge in [0.2, 0.25) is 17.7 Å². The minimum absolute atomic E-state index is 0.163. The molecule has 8 nitrogen and oxygen atoms in total. The van der Waals surface area contributed by atoms with Gasteiger partial charge in [-0.1, -0.05) is 70.5 Å². The molecule has 2 aromatic rings. The van der Waals surface area contributed by atoms with Crippen LogP contribution in [0.5, 0.6) is 5.75 Å². The Morgan fingerprint density at radius 3 is 1.97 bits per heavy atom. The summed E-state index contributed by atoms with van der Waals surface area (Å²) in [5.74, 6) is -1.55. The van der Waals surface area contributed by atoms with Crippen molar-refractivity contribution in [1.29, 1.82) is 0 Å². The van der Waals surface area contributed by atoms with Crippen LogP contribution in [0.25, 0.3) is 0 Å². The highest BCUT2D eigenvalue weighted by Gasteiger charge is 2.37. The SMILES string of the molecule is CC(C)[C@@H](C(=O)N(C)[C@@H](Cc1ccc(O)c(C(C)(C)C)c1)C(N)=O)N(C)C(=O)[C@@H](N)Cc1ccc(Cl)cc1. The summed E-state index contributed by atoms with van der Waals surface area (Å²) in [6.07, 6.45) is 0.454. The summed E-state index contributed by atoms with van der Waals surface area (Å²) in [7, 11) is 3.07. The Labute approximate surface area is 230 Å². The highest BCUT2D eigenvalue weighted by molar-refractivity contribution is 6.30. The number of nitrogens with zero attached hydrogens (tertiary/aromatic N) is 2. The third-order valence-electron chi connectivity index (χ3n) is 6.78. The van der Waals surface area contributed by atoms with Crippen molar-refractivity contribution in [2.45, 2.75) is 71.0 Å². The molecule has 5 N–H and O–H groups in total. The minimum atomic E-state index is -0.952. The van der Waals surface area contributed by atoms with Crippen LogP contribution in [-0.2, 0) is 32.6 Å². The van der Waals surface area contributed by atoms with Crippen LogP contribution in [0, 0.1) is 5.92 Å². The Morgan fingerprint density at radius 1 is 0.921 bits per heavy atom. The van der Waals surface area contributed by atoms with E-state index < -0.39 is 29.9 Å². The molecule has 0 saturated heterocycles. The molecule has 0 radical (unpaired) electrons. The molecule has 0 heterocycles. The molecule has 38 heavy (non-hydrogen) atoms. The summed E-state index contributed by atoms with van der Waals surface area (Å²) in [6, 6.07) is 9.54. The number of carbonyl (C=O) groups is 3. The van der Waals surface area contributed by atoms with Crippen molar-refractivity contribution in [2.24, 2.45) is 17.4 Å². The highest BCUT2D eigenvalue weighted by atomic mass is 35.5. The number of carbonyl (C=O) groups excluding carboxylic acids is 3. The predicted octanol–water partition coefficient (Wildman–Crippen LogP) is 3.25. The lowest BCUT2D eigenvalue weighted by molar-refractivity contribution is -0.149. The van der Waals surface area contributed by atoms with Crippen LogP contribution in [0.2, 0.25) is 5.02 Å². The van der Waals surface area contributed by atoms with E-state index in [4.69, 9.17) is 23.1 Å². The van der Waals surface area contributed by atoms with Gasteiger partial charge in [-0.3, -0.25) is 14.4 Å². The Balaban J connectivity index is 2.26. The van der Waals surface area contributed by atoms with Crippen molar-refractivity contribution in [2.75, 3.05) is 14.1 Å². The third kappa shape index (κ3) is 7.71. The molecule has 0 saturated carbocycles. The van der Waals surface area contributed by atoms with Gasteiger partial charge >= 0.3 is 0 Å². The van der Waals surface area contributed by atoms with Gasteiger partial charge in [0, 0.05) is 25.5 Å². The van der Waals surface area contributed by atoms with Crippen molar-refractivity contribution in [3.05, 3.63) is 64.2 Å². The van der Waals surface area contributed by atoms with Gasteiger partial charge in [-0.05, 0) is 52.6 Å². The molecular weight excluding hydrogens is 504 g/mol. The van der Waals surface area contributed by atoms with Crippen molar-refractivity contribution in [3.63, 3.8) is 0 Å². The van der Waals surface area contributed by atoms with E-state index in [0.29, 0.717) is 5.02 Å². The van der Waals surface area contributed by atoms with E-state index in [9.17, 15) is 19.5 Å². The molecule has 0 aliphatic carbocycles. The van der Waals surface area contributed by atoms with E-state index in [1.807, 2.05) is 40.7 Å². The average molecular weight is 545 g/mol. The molecule has 0 aliphatic rings. The molecule has 3 amide bonds. The number of nitrogens with two attached hydrogens (primary N) is 2. The second-order valence-electron chi connectivity index (χ2n) is 11.2. The molecule has 0 unspecified atom stereocenters. The van der Waals surface area contributed by atoms with Crippen LogP contribution in [0.3, 0.4) is 0 Å². The molecule has 0 aliphatic heterocycles. The number of rotatable bonds is 10. The maximum atomic E-state index is 13.7. The summed E-state index contributed by atoms with van der Waals surface area (Å²) in [6.45, 7) is 9.60. The number of phenolic OH excluding ortho intramolecular Hbond substituents is 1. The summed E-state index contributed by atoms with van der Waals surface area (Å²) < 4.78 is 0. The highest BCUT2D eigenvalue weighted by Crippen LogP contribution is 2.31. The van der Waals surface area contributed by atoms with Gasteiger partial charge in [0.25, 0.3) is 0 Å². The zero-order valence-corrected chi connectivity index (χ0v) is 24.1. The van der Waals surface area contributed by atoms with E-state index in [-0.39, 0.29) is 35.8 Å². The summed E-state index contributed by atoms with van der Waals surface area (Å²) in [5, 5.41) is 10.9. The van der Waals surface area contributed by atoms with Gasteiger partial charge in [-0.15, -0.1) is 0 Å². The Morgan fingerprint density at radius 2 is 1.47 bits per heavy atom. The van der Waals surface area contributed by atoms with Crippen LogP contribution in [0.15, 0.2) is 42.5 Å². The lowest BCUT2D eigenvalue weighted by Gasteiger charge is -2.36. The van der Waals surface area contributed by atoms with Crippen LogP contribution in [-0.4, -0.2) is 64.8 Å². The van der Waals surface area contributed by atoms with E-state index in [0.717, 1.165) is 16.7 Å². The standard InChI is InChI=1S/C29H41ClN4O4/c1-17(2)25(34(7)27(37)22(31)15-18-8-11-20(30)12-9-18)28(38)33(6)23(26(32)36)16-19-10-13-24(35)21(14-19)29(3,4)5/h8-14,17,22-23,25,35H,15-16,31H2,1-7H3,(H2,32,36)/t22-,23-,25-/m0/s1. The number of halogens is 1. The topological polar surface area (TPSA) is 130 Å². The van der Waals surface area contributed by atoms with Crippen LogP contribution < -0.4 is 11.5 Å². The van der Waals surface area contributed by atoms with Crippen molar-refractivity contribution >= 4 is 29.3 Å². The zero-order chi connectivity index (χ0) is 28.9. The largest absolute Gasteiger partial charge is 0.508 e. The fourth-order valence-corrected chi connectivity index (χ4v) is 4.71. The number of benzene rings is 2. The molecule has 0 aromatic heterocycles. The molecule has 9 heteroatoms. The number of phenols is 1. The minimum Gasteiger partial charge on any atom is -0.508 e. The Bertz CT molecular complexity index is 1140. The van der Waals surface area contributed by atoms with Gasteiger partial charge < -0.3 is 26.4 Å². The van der Waals surface area contributed by atoms with Crippen molar-refractivity contribution in [3.8, 4) is 5.75 Å². The molecule has 0 spiro atoms. The molecule has 2 aromatic carbocycles. The molecular formula is C29H41ClN4O4. The first kappa shape index (κ1) is 31.1. The number of aromatic hydroxyl groups is 1. The normalized spacial score (nSPS) is 14.1. The van der Waals surface area contributed by atoms with E-state index in [2.05, 4.69) is 0 Å². The van der Waals surface area contributed by atoms with Gasteiger partial charge in [0.05, 0.1) is 6.04 Å². The van der Waals surface area contributed by atoms with Crippen LogP contribution >= 0.6 is 11.6 Å². The average Bonchev–Trinajstić information content (AvgIpc) is 2.82. The molecule has 0 fully saturated rings. The monoisotopic (exact) mass is 544 g/mol. The first-order valence-electron chi connectivity index (χ1n) is 12.7. The number of hydrogen-bond donors (Lipinski definition) is 3. The van der Waals surface area contributed by atoms with Crippen molar-refractivity contribution < 1.29 is 19.5 Å². The molecule has 208 valence electrons. The summed E-state index contributed by atoms with van der Waals surface area (Å²) >= 11 is 5.94. The fourth-order valence-electron chi connectivity index (χ4n) is 4.58. The summed E-state index contributed by atoms with van der Waals surface area (Å²) in [5.41, 5.74) is 14.0. The molecule has 3 atom stereocenters. The predicted molar refractivity (Wildman–Crippen MR) is 151 cm³/mol. The van der Waals surface area contributed by atoms with E-state index in [1.165, 1.54) is 16.8 Å². The van der Waals surface area contributed by atoms with Gasteiger partial charge in [0.1, 0.15) is 17.8 Å². The van der Waals surface area contributed by atoms with Crippen LogP contribution in [0.1, 0.15) is 51.3 Å². The lowest BCUT2D eigenvalue weighted by atomic mass is 9.84. The van der Waals surface area contributed by atoms with E-state index in [1.54, 1.807) is 43.4 Å². The fraction of sp³-hybridized carbons (Fsp3) is 0.483. The third-order valence-corrected chi connectivity index (χ3v) is 7.03. The number of hydrogen-bond acceptors (Lipinski definition) is 5. The zero-order valence-electron chi connectivity index (χ0n) is 23.4. The second kappa shape index (κ2) is 12.6. The maximum absolute atomic E-state index is 13.7. The van der Waals surface area contributed by atoms with Crippen molar-refractivity contribution in [1.82, 2.24) is 9.80 Å². The molecule has 0 bridgehead atoms. The second-order valence-corrected chi connectivity index (χ2v) is 11.7. The van der Waals surface area contributed by atoms with Gasteiger partial charge in [0.15, 0.2) is 0 Å². The van der Waals surface area contributed by atoms with E-state index >= 15 is 0 Å². The number of primary amides is 1. The van der Waals surface area contributed by atoms with Crippen LogP contribution in [0.4, 0.5) is 0 Å². The number of amides is 3. The lowest BCUT2D eigenvalue weighted by Crippen LogP contribution is -2.58. The Hall–Kier alpha value is -3.10. The van der Waals surface area contributed by atoms with Gasteiger partial charge in [-0.2, -0.15) is 0 Å².